The van der Waals surface area contributed by atoms with Crippen molar-refractivity contribution in [2.45, 2.75) is 71.0 Å². The monoisotopic (exact) mass is 554 g/mol. The fourth-order valence-electron chi connectivity index (χ4n) is 4.67. The van der Waals surface area contributed by atoms with Gasteiger partial charge in [-0.1, -0.05) is 25.8 Å². The molecule has 0 spiro atoms. The molecule has 1 aliphatic rings. The summed E-state index contributed by atoms with van der Waals surface area (Å²) in [6.45, 7) is 6.87. The first-order valence-corrected chi connectivity index (χ1v) is 13.3. The number of unbranched alkanes of at least 4 members (excludes halogenated alkanes) is 3. The molecule has 0 saturated heterocycles. The number of hydrogen-bond acceptors (Lipinski definition) is 7. The van der Waals surface area contributed by atoms with Crippen LogP contribution in [0.5, 0.6) is 0 Å². The molecule has 11 heteroatoms. The van der Waals surface area contributed by atoms with E-state index in [9.17, 15) is 27.6 Å². The highest BCUT2D eigenvalue weighted by molar-refractivity contribution is 7.80. The van der Waals surface area contributed by atoms with Crippen molar-refractivity contribution >= 4 is 47.2 Å². The fraction of sp³-hybridized carbons (Fsp3) is 0.519. The summed E-state index contributed by atoms with van der Waals surface area (Å²) in [7, 11) is 0. The number of hydroxylamine groups is 2. The van der Waals surface area contributed by atoms with Crippen LogP contribution in [-0.4, -0.2) is 41.8 Å². The smallest absolute Gasteiger partial charge is 0.417 e. The van der Waals surface area contributed by atoms with E-state index in [1.165, 1.54) is 12.1 Å². The number of hydrogen-bond donors (Lipinski definition) is 1. The van der Waals surface area contributed by atoms with Gasteiger partial charge in [0.05, 0.1) is 17.6 Å². The second kappa shape index (κ2) is 12.3. The van der Waals surface area contributed by atoms with Crippen molar-refractivity contribution in [3.63, 3.8) is 0 Å². The number of halogens is 3. The number of thiol groups is 1. The molecule has 208 valence electrons. The van der Waals surface area contributed by atoms with E-state index in [0.717, 1.165) is 23.5 Å². The first kappa shape index (κ1) is 29.6. The number of rotatable bonds is 12. The van der Waals surface area contributed by atoms with E-state index < -0.39 is 28.9 Å². The highest BCUT2D eigenvalue weighted by Crippen LogP contribution is 2.43. The highest BCUT2D eigenvalue weighted by Gasteiger charge is 2.36. The van der Waals surface area contributed by atoms with Crippen LogP contribution < -0.4 is 10.5 Å². The van der Waals surface area contributed by atoms with Crippen molar-refractivity contribution < 1.29 is 32.0 Å². The Kier molecular flexibility index (Phi) is 9.56. The minimum atomic E-state index is -4.71. The Balaban J connectivity index is 1.77. The molecule has 0 bridgehead atoms. The maximum atomic E-state index is 13.7. The molecule has 1 amide bonds. The van der Waals surface area contributed by atoms with Crippen molar-refractivity contribution in [2.75, 3.05) is 23.7 Å². The van der Waals surface area contributed by atoms with Gasteiger partial charge < -0.3 is 14.2 Å². The van der Waals surface area contributed by atoms with Gasteiger partial charge in [0.1, 0.15) is 5.58 Å². The minimum absolute atomic E-state index is 0.129. The molecule has 3 rings (SSSR count). The van der Waals surface area contributed by atoms with E-state index in [4.69, 9.17) is 9.25 Å². The summed E-state index contributed by atoms with van der Waals surface area (Å²) >= 11 is 4.40. The van der Waals surface area contributed by atoms with Gasteiger partial charge in [0.2, 0.25) is 6.41 Å². The number of anilines is 1. The van der Waals surface area contributed by atoms with E-state index >= 15 is 0 Å². The van der Waals surface area contributed by atoms with Gasteiger partial charge in [-0.2, -0.15) is 30.9 Å². The number of carbonyl (C=O) groups excluding carboxylic acids is 2. The summed E-state index contributed by atoms with van der Waals surface area (Å²) in [6.07, 6.45) is 1.49. The van der Waals surface area contributed by atoms with Crippen molar-refractivity contribution in [3.8, 4) is 0 Å². The summed E-state index contributed by atoms with van der Waals surface area (Å²) in [5.74, 6) is -0.147. The van der Waals surface area contributed by atoms with Crippen LogP contribution in [0.3, 0.4) is 0 Å². The van der Waals surface area contributed by atoms with Gasteiger partial charge in [-0.3, -0.25) is 4.79 Å². The van der Waals surface area contributed by atoms with Crippen LogP contribution in [0.15, 0.2) is 33.5 Å². The molecule has 2 heterocycles. The molecule has 2 aromatic rings. The van der Waals surface area contributed by atoms with Crippen LogP contribution in [0, 0.1) is 0 Å². The molecule has 0 unspecified atom stereocenters. The summed E-state index contributed by atoms with van der Waals surface area (Å²) in [4.78, 5) is 42.1. The van der Waals surface area contributed by atoms with Gasteiger partial charge in [-0.05, 0) is 44.7 Å². The second-order valence-electron chi connectivity index (χ2n) is 9.85. The Morgan fingerprint density at radius 2 is 1.92 bits per heavy atom. The van der Waals surface area contributed by atoms with Crippen molar-refractivity contribution in [2.24, 2.45) is 0 Å². The maximum Gasteiger partial charge on any atom is 0.417 e. The zero-order chi connectivity index (χ0) is 28.1. The minimum Gasteiger partial charge on any atom is -0.423 e. The number of benzene rings is 1. The third-order valence-electron chi connectivity index (χ3n) is 6.53. The topological polar surface area (TPSA) is 80.1 Å². The predicted octanol–water partition coefficient (Wildman–Crippen LogP) is 6.00. The standard InChI is InChI=1S/C27H33F3N2O5S/c1-4-5-10-31(17-33)37-24(34)9-7-6-8-11-32-22-14-23-20(21(27(28,29)30)13-25(35)36-23)12-19(22)18(16-38)15-26(32,2)3/h12-15,17,38H,4-11,16H2,1-3H3. The number of alkyl halides is 3. The zero-order valence-corrected chi connectivity index (χ0v) is 22.7. The lowest BCUT2D eigenvalue weighted by Gasteiger charge is -2.44. The normalized spacial score (nSPS) is 14.7. The van der Waals surface area contributed by atoms with Crippen LogP contribution in [0.2, 0.25) is 0 Å². The molecule has 0 atom stereocenters. The van der Waals surface area contributed by atoms with E-state index in [1.807, 2.05) is 26.8 Å². The molecule has 1 aromatic heterocycles. The lowest BCUT2D eigenvalue weighted by molar-refractivity contribution is -0.190. The third-order valence-corrected chi connectivity index (χ3v) is 6.87. The molecular formula is C27H33F3N2O5S. The quantitative estimate of drug-likeness (QED) is 0.114. The molecule has 1 aliphatic heterocycles. The number of carbonyl (C=O) groups is 2. The molecule has 0 saturated carbocycles. The molecule has 1 aromatic carbocycles. The van der Waals surface area contributed by atoms with Gasteiger partial charge in [0.15, 0.2) is 0 Å². The van der Waals surface area contributed by atoms with Gasteiger partial charge in [0, 0.05) is 47.5 Å². The van der Waals surface area contributed by atoms with Gasteiger partial charge >= 0.3 is 17.8 Å². The maximum absolute atomic E-state index is 13.7. The fourth-order valence-corrected chi connectivity index (χ4v) is 4.93. The van der Waals surface area contributed by atoms with E-state index in [1.54, 1.807) is 0 Å². The van der Waals surface area contributed by atoms with Crippen LogP contribution in [0.25, 0.3) is 16.5 Å². The lowest BCUT2D eigenvalue weighted by Crippen LogP contribution is -2.46. The Hall–Kier alpha value is -2.95. The van der Waals surface area contributed by atoms with E-state index in [-0.39, 0.29) is 17.4 Å². The number of fused-ring (bicyclic) bond motifs is 2. The lowest BCUT2D eigenvalue weighted by atomic mass is 9.87. The van der Waals surface area contributed by atoms with Crippen LogP contribution in [0.4, 0.5) is 18.9 Å². The third kappa shape index (κ3) is 6.92. The van der Waals surface area contributed by atoms with Gasteiger partial charge in [0.25, 0.3) is 0 Å². The summed E-state index contributed by atoms with van der Waals surface area (Å²) in [6, 6.07) is 3.40. The summed E-state index contributed by atoms with van der Waals surface area (Å²) in [5, 5.41) is 0.835. The van der Waals surface area contributed by atoms with Gasteiger partial charge in [-0.25, -0.2) is 9.59 Å². The van der Waals surface area contributed by atoms with Crippen LogP contribution in [0.1, 0.15) is 70.4 Å². The Labute approximate surface area is 225 Å². The first-order chi connectivity index (χ1) is 17.9. The average Bonchev–Trinajstić information content (AvgIpc) is 2.84. The number of nitrogens with zero attached hydrogens (tertiary/aromatic N) is 2. The highest BCUT2D eigenvalue weighted by atomic mass is 32.1. The van der Waals surface area contributed by atoms with Crippen molar-refractivity contribution in [3.05, 3.63) is 45.8 Å². The molecule has 0 fully saturated rings. The van der Waals surface area contributed by atoms with Crippen molar-refractivity contribution in [1.82, 2.24) is 5.06 Å². The average molecular weight is 555 g/mol. The van der Waals surface area contributed by atoms with Crippen LogP contribution in [-0.2, 0) is 20.6 Å². The summed E-state index contributed by atoms with van der Waals surface area (Å²) in [5.41, 5.74) is -0.651. The predicted molar refractivity (Wildman–Crippen MR) is 143 cm³/mol. The largest absolute Gasteiger partial charge is 0.423 e. The van der Waals surface area contributed by atoms with E-state index in [2.05, 4.69) is 17.5 Å². The Morgan fingerprint density at radius 3 is 2.55 bits per heavy atom. The molecular weight excluding hydrogens is 521 g/mol. The van der Waals surface area contributed by atoms with Crippen molar-refractivity contribution in [1.29, 1.82) is 0 Å². The summed E-state index contributed by atoms with van der Waals surface area (Å²) < 4.78 is 46.2. The van der Waals surface area contributed by atoms with Gasteiger partial charge in [-0.15, -0.1) is 0 Å². The van der Waals surface area contributed by atoms with E-state index in [0.29, 0.717) is 61.8 Å². The van der Waals surface area contributed by atoms with Crippen LogP contribution >= 0.6 is 12.6 Å². The molecule has 38 heavy (non-hydrogen) atoms. The second-order valence-corrected chi connectivity index (χ2v) is 10.2. The molecule has 0 radical (unpaired) electrons. The SMILES string of the molecule is CCCCN(C=O)OC(=O)CCCCCN1c2cc3oc(=O)cc(C(F)(F)F)c3cc2C(CS)=CC1(C)C. The molecule has 7 nitrogen and oxygen atoms in total. The Bertz CT molecular complexity index is 1260. The first-order valence-electron chi connectivity index (χ1n) is 12.6. The Morgan fingerprint density at radius 1 is 1.18 bits per heavy atom. The molecule has 0 N–H and O–H groups in total. The number of amides is 1. The zero-order valence-electron chi connectivity index (χ0n) is 21.8. The molecule has 0 aliphatic carbocycles.